The number of likely N-dealkylation sites (N-methyl/N-ethyl adjacent to an activating group) is 1. The Balaban J connectivity index is 2.63. The van der Waals surface area contributed by atoms with E-state index in [2.05, 4.69) is 10.1 Å². The van der Waals surface area contributed by atoms with Gasteiger partial charge in [-0.05, 0) is 20.4 Å². The Kier molecular flexibility index (Phi) is 3.46. The lowest BCUT2D eigenvalue weighted by Gasteiger charge is -2.22. The first-order chi connectivity index (χ1) is 6.61. The number of amides is 1. The van der Waals surface area contributed by atoms with Crippen molar-refractivity contribution in [1.82, 2.24) is 10.2 Å². The summed E-state index contributed by atoms with van der Waals surface area (Å²) in [5, 5.41) is 2.91. The maximum absolute atomic E-state index is 11.7. The van der Waals surface area contributed by atoms with Crippen LogP contribution in [0.2, 0.25) is 0 Å². The Morgan fingerprint density at radius 1 is 1.71 bits per heavy atom. The van der Waals surface area contributed by atoms with Crippen LogP contribution in [0.25, 0.3) is 0 Å². The largest absolute Gasteiger partial charge is 0.467 e. The fourth-order valence-corrected chi connectivity index (χ4v) is 1.65. The van der Waals surface area contributed by atoms with Crippen molar-refractivity contribution in [1.29, 1.82) is 0 Å². The molecule has 14 heavy (non-hydrogen) atoms. The van der Waals surface area contributed by atoms with E-state index < -0.39 is 6.04 Å². The standard InChI is InChI=1S/C9H16N2O3/c1-6(9(13)14-3)11-5-4-7(10-2)8(11)12/h6-7,10H,4-5H2,1-3H3. The van der Waals surface area contributed by atoms with Crippen LogP contribution in [-0.2, 0) is 14.3 Å². The van der Waals surface area contributed by atoms with E-state index in [1.807, 2.05) is 0 Å². The Morgan fingerprint density at radius 2 is 2.36 bits per heavy atom. The molecule has 1 saturated heterocycles. The second-order valence-corrected chi connectivity index (χ2v) is 3.36. The zero-order chi connectivity index (χ0) is 10.7. The predicted octanol–water partition coefficient (Wildman–Crippen LogP) is -0.632. The van der Waals surface area contributed by atoms with Gasteiger partial charge in [-0.2, -0.15) is 0 Å². The summed E-state index contributed by atoms with van der Waals surface area (Å²) in [6, 6.07) is -0.632. The van der Waals surface area contributed by atoms with E-state index >= 15 is 0 Å². The molecule has 5 nitrogen and oxygen atoms in total. The van der Waals surface area contributed by atoms with Gasteiger partial charge in [-0.25, -0.2) is 4.79 Å². The highest BCUT2D eigenvalue weighted by atomic mass is 16.5. The molecule has 0 bridgehead atoms. The second kappa shape index (κ2) is 4.41. The van der Waals surface area contributed by atoms with E-state index in [0.717, 1.165) is 6.42 Å². The molecular formula is C9H16N2O3. The summed E-state index contributed by atoms with van der Waals surface area (Å²) in [6.45, 7) is 2.29. The van der Waals surface area contributed by atoms with Gasteiger partial charge in [-0.3, -0.25) is 4.79 Å². The molecule has 2 unspecified atom stereocenters. The zero-order valence-electron chi connectivity index (χ0n) is 8.74. The molecule has 1 N–H and O–H groups in total. The van der Waals surface area contributed by atoms with E-state index in [0.29, 0.717) is 6.54 Å². The van der Waals surface area contributed by atoms with Crippen LogP contribution in [0.4, 0.5) is 0 Å². The molecular weight excluding hydrogens is 184 g/mol. The van der Waals surface area contributed by atoms with Crippen LogP contribution in [-0.4, -0.2) is 49.6 Å². The van der Waals surface area contributed by atoms with Gasteiger partial charge in [0, 0.05) is 6.54 Å². The topological polar surface area (TPSA) is 58.6 Å². The molecule has 0 saturated carbocycles. The highest BCUT2D eigenvalue weighted by Gasteiger charge is 2.36. The number of carbonyl (C=O) groups is 2. The quantitative estimate of drug-likeness (QED) is 0.616. The summed E-state index contributed by atoms with van der Waals surface area (Å²) >= 11 is 0. The monoisotopic (exact) mass is 200 g/mol. The lowest BCUT2D eigenvalue weighted by Crippen LogP contribution is -2.44. The number of carbonyl (C=O) groups excluding carboxylic acids is 2. The zero-order valence-corrected chi connectivity index (χ0v) is 8.74. The third kappa shape index (κ3) is 1.87. The molecule has 1 amide bonds. The van der Waals surface area contributed by atoms with Gasteiger partial charge in [0.05, 0.1) is 13.2 Å². The van der Waals surface area contributed by atoms with Crippen molar-refractivity contribution in [3.63, 3.8) is 0 Å². The minimum atomic E-state index is -0.481. The van der Waals surface area contributed by atoms with Gasteiger partial charge in [0.1, 0.15) is 6.04 Å². The van der Waals surface area contributed by atoms with Gasteiger partial charge in [-0.1, -0.05) is 0 Å². The van der Waals surface area contributed by atoms with Gasteiger partial charge in [0.25, 0.3) is 0 Å². The molecule has 1 aliphatic rings. The maximum atomic E-state index is 11.7. The molecule has 0 aromatic carbocycles. The van der Waals surface area contributed by atoms with Crippen LogP contribution in [0.5, 0.6) is 0 Å². The van der Waals surface area contributed by atoms with E-state index in [1.54, 1.807) is 18.9 Å². The average molecular weight is 200 g/mol. The van der Waals surface area contributed by atoms with Crippen molar-refractivity contribution < 1.29 is 14.3 Å². The van der Waals surface area contributed by atoms with Gasteiger partial charge < -0.3 is 15.0 Å². The van der Waals surface area contributed by atoms with E-state index in [-0.39, 0.29) is 17.9 Å². The first kappa shape index (κ1) is 11.0. The van der Waals surface area contributed by atoms with Crippen molar-refractivity contribution in [2.75, 3.05) is 20.7 Å². The summed E-state index contributed by atoms with van der Waals surface area (Å²) in [5.41, 5.74) is 0. The maximum Gasteiger partial charge on any atom is 0.328 e. The molecule has 1 heterocycles. The van der Waals surface area contributed by atoms with Gasteiger partial charge in [-0.15, -0.1) is 0 Å². The fourth-order valence-electron chi connectivity index (χ4n) is 1.65. The molecule has 0 radical (unpaired) electrons. The van der Waals surface area contributed by atoms with Crippen molar-refractivity contribution in [3.05, 3.63) is 0 Å². The first-order valence-electron chi connectivity index (χ1n) is 4.67. The third-order valence-corrected chi connectivity index (χ3v) is 2.60. The van der Waals surface area contributed by atoms with Crippen LogP contribution >= 0.6 is 0 Å². The molecule has 0 aromatic heterocycles. The molecule has 1 fully saturated rings. The Labute approximate surface area is 83.4 Å². The number of methoxy groups -OCH3 is 1. The SMILES string of the molecule is CNC1CCN(C(C)C(=O)OC)C1=O. The van der Waals surface area contributed by atoms with Gasteiger partial charge in [0.15, 0.2) is 0 Å². The van der Waals surface area contributed by atoms with E-state index in [1.165, 1.54) is 7.11 Å². The number of hydrogen-bond acceptors (Lipinski definition) is 4. The van der Waals surface area contributed by atoms with Crippen molar-refractivity contribution >= 4 is 11.9 Å². The van der Waals surface area contributed by atoms with Crippen LogP contribution in [0.15, 0.2) is 0 Å². The molecule has 1 rings (SSSR count). The molecule has 1 aliphatic heterocycles. The summed E-state index contributed by atoms with van der Waals surface area (Å²) in [4.78, 5) is 24.4. The number of esters is 1. The van der Waals surface area contributed by atoms with Gasteiger partial charge in [0.2, 0.25) is 5.91 Å². The van der Waals surface area contributed by atoms with Crippen molar-refractivity contribution in [2.45, 2.75) is 25.4 Å². The summed E-state index contributed by atoms with van der Waals surface area (Å²) in [6.07, 6.45) is 0.747. The second-order valence-electron chi connectivity index (χ2n) is 3.36. The molecule has 0 aliphatic carbocycles. The number of rotatable bonds is 3. The summed E-state index contributed by atoms with van der Waals surface area (Å²) < 4.78 is 4.59. The minimum absolute atomic E-state index is 0.0228. The van der Waals surface area contributed by atoms with Crippen molar-refractivity contribution in [3.8, 4) is 0 Å². The highest BCUT2D eigenvalue weighted by molar-refractivity contribution is 5.89. The lowest BCUT2D eigenvalue weighted by atomic mass is 10.2. The van der Waals surface area contributed by atoms with Crippen LogP contribution < -0.4 is 5.32 Å². The molecule has 80 valence electrons. The lowest BCUT2D eigenvalue weighted by molar-refractivity contribution is -0.150. The Bertz CT molecular complexity index is 242. The molecule has 2 atom stereocenters. The number of ether oxygens (including phenoxy) is 1. The van der Waals surface area contributed by atoms with Gasteiger partial charge >= 0.3 is 5.97 Å². The third-order valence-electron chi connectivity index (χ3n) is 2.60. The number of nitrogens with one attached hydrogen (secondary N) is 1. The van der Waals surface area contributed by atoms with E-state index in [4.69, 9.17) is 0 Å². The smallest absolute Gasteiger partial charge is 0.328 e. The molecule has 5 heteroatoms. The summed E-state index contributed by atoms with van der Waals surface area (Å²) in [5.74, 6) is -0.388. The average Bonchev–Trinajstić information content (AvgIpc) is 2.57. The minimum Gasteiger partial charge on any atom is -0.467 e. The van der Waals surface area contributed by atoms with E-state index in [9.17, 15) is 9.59 Å². The summed E-state index contributed by atoms with van der Waals surface area (Å²) in [7, 11) is 3.07. The predicted molar refractivity (Wildman–Crippen MR) is 50.7 cm³/mol. The molecule has 0 spiro atoms. The van der Waals surface area contributed by atoms with Crippen LogP contribution in [0.3, 0.4) is 0 Å². The fraction of sp³-hybridized carbons (Fsp3) is 0.778. The molecule has 0 aromatic rings. The number of likely N-dealkylation sites (tertiary alicyclic amines) is 1. The Morgan fingerprint density at radius 3 is 2.79 bits per heavy atom. The Hall–Kier alpha value is -1.10. The highest BCUT2D eigenvalue weighted by Crippen LogP contribution is 2.14. The van der Waals surface area contributed by atoms with Crippen LogP contribution in [0, 0.1) is 0 Å². The normalized spacial score (nSPS) is 23.8. The number of hydrogen-bond donors (Lipinski definition) is 1. The van der Waals surface area contributed by atoms with Crippen molar-refractivity contribution in [2.24, 2.45) is 0 Å². The van der Waals surface area contributed by atoms with Crippen LogP contribution in [0.1, 0.15) is 13.3 Å². The first-order valence-corrected chi connectivity index (χ1v) is 4.67. The number of nitrogens with zero attached hydrogens (tertiary/aromatic N) is 1.